The van der Waals surface area contributed by atoms with Crippen LogP contribution < -0.4 is 10.6 Å². The summed E-state index contributed by atoms with van der Waals surface area (Å²) in [6, 6.07) is 3.58. The minimum Gasteiger partial charge on any atom is -0.345 e. The van der Waals surface area contributed by atoms with E-state index in [4.69, 9.17) is 12.2 Å². The lowest BCUT2D eigenvalue weighted by Gasteiger charge is -2.20. The molecular weight excluding hydrogens is 198 g/mol. The number of carbonyl (C=O) groups is 1. The summed E-state index contributed by atoms with van der Waals surface area (Å²) in [5, 5.41) is 5.88. The quantitative estimate of drug-likeness (QED) is 0.650. The molecule has 1 aromatic heterocycles. The molecule has 1 amide bonds. The average molecular weight is 207 g/mol. The van der Waals surface area contributed by atoms with Gasteiger partial charge in [0.15, 0.2) is 5.11 Å². The lowest BCUT2D eigenvalue weighted by atomic mass is 9.93. The maximum absolute atomic E-state index is 11.6. The molecule has 72 valence electrons. The Morgan fingerprint density at radius 2 is 2.07 bits per heavy atom. The van der Waals surface area contributed by atoms with Crippen molar-refractivity contribution in [3.63, 3.8) is 0 Å². The molecule has 1 fully saturated rings. The number of carbonyl (C=O) groups excluding carboxylic acids is 1. The SMILES string of the molecule is CC1(c2ccncc2)NC(=S)NC1=O. The Labute approximate surface area is 86.7 Å². The molecule has 5 heteroatoms. The van der Waals surface area contributed by atoms with Gasteiger partial charge in [0.1, 0.15) is 5.54 Å². The van der Waals surface area contributed by atoms with Crippen LogP contribution in [0.4, 0.5) is 0 Å². The summed E-state index contributed by atoms with van der Waals surface area (Å²) >= 11 is 4.89. The number of hydrogen-bond acceptors (Lipinski definition) is 3. The van der Waals surface area contributed by atoms with E-state index in [-0.39, 0.29) is 5.91 Å². The van der Waals surface area contributed by atoms with Gasteiger partial charge in [0, 0.05) is 12.4 Å². The van der Waals surface area contributed by atoms with Gasteiger partial charge in [-0.3, -0.25) is 9.78 Å². The third kappa shape index (κ3) is 1.26. The van der Waals surface area contributed by atoms with Crippen LogP contribution in [-0.2, 0) is 10.3 Å². The zero-order valence-corrected chi connectivity index (χ0v) is 8.39. The van der Waals surface area contributed by atoms with Gasteiger partial charge in [-0.15, -0.1) is 0 Å². The van der Waals surface area contributed by atoms with Gasteiger partial charge in [-0.25, -0.2) is 0 Å². The van der Waals surface area contributed by atoms with Crippen molar-refractivity contribution in [1.29, 1.82) is 0 Å². The minimum absolute atomic E-state index is 0.131. The summed E-state index contributed by atoms with van der Waals surface area (Å²) in [7, 11) is 0. The molecule has 0 bridgehead atoms. The maximum atomic E-state index is 11.6. The second-order valence-corrected chi connectivity index (χ2v) is 3.68. The van der Waals surface area contributed by atoms with Gasteiger partial charge in [0.05, 0.1) is 0 Å². The fraction of sp³-hybridized carbons (Fsp3) is 0.222. The van der Waals surface area contributed by atoms with Gasteiger partial charge >= 0.3 is 0 Å². The summed E-state index contributed by atoms with van der Waals surface area (Å²) in [6.07, 6.45) is 3.30. The first-order valence-corrected chi connectivity index (χ1v) is 4.58. The monoisotopic (exact) mass is 207 g/mol. The zero-order valence-electron chi connectivity index (χ0n) is 7.57. The first kappa shape index (κ1) is 9.08. The van der Waals surface area contributed by atoms with E-state index in [2.05, 4.69) is 15.6 Å². The largest absolute Gasteiger partial charge is 0.345 e. The van der Waals surface area contributed by atoms with E-state index in [1.54, 1.807) is 31.5 Å². The molecule has 1 saturated heterocycles. The number of pyridine rings is 1. The Balaban J connectivity index is 2.43. The number of rotatable bonds is 1. The second-order valence-electron chi connectivity index (χ2n) is 3.27. The molecule has 0 radical (unpaired) electrons. The molecule has 0 aliphatic carbocycles. The predicted molar refractivity (Wildman–Crippen MR) is 55.5 cm³/mol. The van der Waals surface area contributed by atoms with Crippen molar-refractivity contribution in [1.82, 2.24) is 15.6 Å². The van der Waals surface area contributed by atoms with Gasteiger partial charge in [-0.2, -0.15) is 0 Å². The molecule has 1 aliphatic rings. The van der Waals surface area contributed by atoms with Crippen LogP contribution in [0.1, 0.15) is 12.5 Å². The molecular formula is C9H9N3OS. The molecule has 0 spiro atoms. The van der Waals surface area contributed by atoms with E-state index < -0.39 is 5.54 Å². The van der Waals surface area contributed by atoms with Crippen LogP contribution in [-0.4, -0.2) is 16.0 Å². The Bertz CT molecular complexity index is 392. The topological polar surface area (TPSA) is 54.0 Å². The third-order valence-corrected chi connectivity index (χ3v) is 2.51. The fourth-order valence-electron chi connectivity index (χ4n) is 1.43. The molecule has 4 nitrogen and oxygen atoms in total. The molecule has 14 heavy (non-hydrogen) atoms. The summed E-state index contributed by atoms with van der Waals surface area (Å²) < 4.78 is 0. The molecule has 0 saturated carbocycles. The van der Waals surface area contributed by atoms with Gasteiger partial charge in [-0.1, -0.05) is 0 Å². The van der Waals surface area contributed by atoms with Crippen LogP contribution in [0.5, 0.6) is 0 Å². The Hall–Kier alpha value is -1.49. The normalized spacial score (nSPS) is 25.8. The van der Waals surface area contributed by atoms with Gasteiger partial charge in [0.2, 0.25) is 0 Å². The number of hydrogen-bond donors (Lipinski definition) is 2. The van der Waals surface area contributed by atoms with Gasteiger partial charge < -0.3 is 10.6 Å². The number of amides is 1. The van der Waals surface area contributed by atoms with Crippen molar-refractivity contribution < 1.29 is 4.79 Å². The number of nitrogens with one attached hydrogen (secondary N) is 2. The summed E-state index contributed by atoms with van der Waals surface area (Å²) in [5.74, 6) is -0.131. The summed E-state index contributed by atoms with van der Waals surface area (Å²) in [6.45, 7) is 1.79. The lowest BCUT2D eigenvalue weighted by molar-refractivity contribution is -0.123. The molecule has 1 aromatic rings. The standard InChI is InChI=1S/C9H9N3OS/c1-9(6-2-4-10-5-3-6)7(13)11-8(14)12-9/h2-5H,1H3,(H2,11,12,13,14). The molecule has 1 atom stereocenters. The zero-order chi connectivity index (χ0) is 10.2. The van der Waals surface area contributed by atoms with Crippen LogP contribution in [0.25, 0.3) is 0 Å². The van der Waals surface area contributed by atoms with Crippen molar-refractivity contribution in [2.75, 3.05) is 0 Å². The number of aromatic nitrogens is 1. The van der Waals surface area contributed by atoms with E-state index in [0.717, 1.165) is 5.56 Å². The first-order chi connectivity index (χ1) is 6.63. The minimum atomic E-state index is -0.764. The Kier molecular flexibility index (Phi) is 1.96. The van der Waals surface area contributed by atoms with E-state index in [0.29, 0.717) is 5.11 Å². The van der Waals surface area contributed by atoms with Gasteiger partial charge in [0.25, 0.3) is 5.91 Å². The predicted octanol–water partition coefficient (Wildman–Crippen LogP) is 0.301. The van der Waals surface area contributed by atoms with Crippen LogP contribution in [0.15, 0.2) is 24.5 Å². The smallest absolute Gasteiger partial charge is 0.256 e. The highest BCUT2D eigenvalue weighted by Crippen LogP contribution is 2.23. The highest BCUT2D eigenvalue weighted by Gasteiger charge is 2.41. The fourth-order valence-corrected chi connectivity index (χ4v) is 1.73. The highest BCUT2D eigenvalue weighted by atomic mass is 32.1. The van der Waals surface area contributed by atoms with Crippen molar-refractivity contribution in [2.45, 2.75) is 12.5 Å². The third-order valence-electron chi connectivity index (χ3n) is 2.30. The lowest BCUT2D eigenvalue weighted by Crippen LogP contribution is -2.40. The maximum Gasteiger partial charge on any atom is 0.256 e. The van der Waals surface area contributed by atoms with Gasteiger partial charge in [-0.05, 0) is 36.8 Å². The molecule has 1 aliphatic heterocycles. The van der Waals surface area contributed by atoms with Crippen molar-refractivity contribution in [3.8, 4) is 0 Å². The summed E-state index contributed by atoms with van der Waals surface area (Å²) in [4.78, 5) is 15.5. The van der Waals surface area contributed by atoms with Crippen LogP contribution in [0, 0.1) is 0 Å². The van der Waals surface area contributed by atoms with E-state index >= 15 is 0 Å². The van der Waals surface area contributed by atoms with E-state index in [1.807, 2.05) is 0 Å². The Morgan fingerprint density at radius 1 is 1.43 bits per heavy atom. The van der Waals surface area contributed by atoms with Crippen molar-refractivity contribution >= 4 is 23.2 Å². The van der Waals surface area contributed by atoms with Crippen LogP contribution in [0.3, 0.4) is 0 Å². The van der Waals surface area contributed by atoms with Crippen molar-refractivity contribution in [3.05, 3.63) is 30.1 Å². The molecule has 2 heterocycles. The molecule has 2 rings (SSSR count). The van der Waals surface area contributed by atoms with Crippen molar-refractivity contribution in [2.24, 2.45) is 0 Å². The Morgan fingerprint density at radius 3 is 2.57 bits per heavy atom. The summed E-state index contributed by atoms with van der Waals surface area (Å²) in [5.41, 5.74) is 0.0878. The van der Waals surface area contributed by atoms with E-state index in [1.165, 1.54) is 0 Å². The number of thiocarbonyl (C=S) groups is 1. The highest BCUT2D eigenvalue weighted by molar-refractivity contribution is 7.80. The van der Waals surface area contributed by atoms with E-state index in [9.17, 15) is 4.79 Å². The van der Waals surface area contributed by atoms with Crippen LogP contribution in [0.2, 0.25) is 0 Å². The molecule has 0 aromatic carbocycles. The van der Waals surface area contributed by atoms with Crippen LogP contribution >= 0.6 is 12.2 Å². The molecule has 2 N–H and O–H groups in total. The number of nitrogens with zero attached hydrogens (tertiary/aromatic N) is 1. The first-order valence-electron chi connectivity index (χ1n) is 4.17. The molecule has 1 unspecified atom stereocenters. The average Bonchev–Trinajstić information content (AvgIpc) is 2.43. The second kappa shape index (κ2) is 3.02.